The van der Waals surface area contributed by atoms with Crippen molar-refractivity contribution in [1.82, 2.24) is 14.5 Å². The second-order valence-electron chi connectivity index (χ2n) is 7.62. The predicted molar refractivity (Wildman–Crippen MR) is 118 cm³/mol. The van der Waals surface area contributed by atoms with Crippen LogP contribution in [0, 0.1) is 0 Å². The Balaban J connectivity index is 1.79. The SMILES string of the molecule is C=CC(=O)N1CCc2c(ccc(Nc3cc(Cl)cc(C(F)(F)F)c3)c2-c2cn(C)cn2)C1. The Morgan fingerprint density at radius 1 is 1.28 bits per heavy atom. The Hall–Kier alpha value is -3.26. The minimum atomic E-state index is -4.51. The smallest absolute Gasteiger partial charge is 0.355 e. The summed E-state index contributed by atoms with van der Waals surface area (Å²) in [6.45, 7) is 4.48. The van der Waals surface area contributed by atoms with E-state index in [1.165, 1.54) is 12.1 Å². The second kappa shape index (κ2) is 8.35. The molecule has 1 aliphatic rings. The van der Waals surface area contributed by atoms with Crippen LogP contribution in [0.3, 0.4) is 0 Å². The number of benzene rings is 2. The first-order chi connectivity index (χ1) is 15.2. The van der Waals surface area contributed by atoms with Crippen molar-refractivity contribution in [1.29, 1.82) is 0 Å². The standard InChI is InChI=1S/C23H20ClF3N4O/c1-3-21(32)31-7-6-18-14(11-31)4-5-19(22(18)20-12-30(2)13-28-20)29-17-9-15(23(25,26)27)8-16(24)10-17/h3-5,8-10,12-13,29H,1,6-7,11H2,2H3. The van der Waals surface area contributed by atoms with Crippen LogP contribution in [-0.4, -0.2) is 26.9 Å². The summed E-state index contributed by atoms with van der Waals surface area (Å²) in [7, 11) is 1.84. The highest BCUT2D eigenvalue weighted by atomic mass is 35.5. The highest BCUT2D eigenvalue weighted by Crippen LogP contribution is 2.39. The lowest BCUT2D eigenvalue weighted by molar-refractivity contribution is -0.137. The van der Waals surface area contributed by atoms with Crippen molar-refractivity contribution in [2.45, 2.75) is 19.1 Å². The van der Waals surface area contributed by atoms with Crippen LogP contribution in [0.2, 0.25) is 5.02 Å². The van der Waals surface area contributed by atoms with Gasteiger partial charge in [-0.3, -0.25) is 4.79 Å². The van der Waals surface area contributed by atoms with Gasteiger partial charge in [0, 0.05) is 48.3 Å². The number of carbonyl (C=O) groups excluding carboxylic acids is 1. The van der Waals surface area contributed by atoms with Gasteiger partial charge in [0.05, 0.1) is 17.6 Å². The molecule has 0 spiro atoms. The van der Waals surface area contributed by atoms with Crippen molar-refractivity contribution in [2.24, 2.45) is 7.05 Å². The van der Waals surface area contributed by atoms with Crippen molar-refractivity contribution in [3.05, 3.63) is 77.2 Å². The molecule has 0 saturated carbocycles. The minimum absolute atomic E-state index is 0.0155. The average molecular weight is 461 g/mol. The number of imidazole rings is 1. The molecule has 1 amide bonds. The number of alkyl halides is 3. The quantitative estimate of drug-likeness (QED) is 0.517. The van der Waals surface area contributed by atoms with Crippen LogP contribution in [0.1, 0.15) is 16.7 Å². The number of nitrogens with zero attached hydrogens (tertiary/aromatic N) is 3. The fourth-order valence-electron chi connectivity index (χ4n) is 3.89. The van der Waals surface area contributed by atoms with E-state index in [9.17, 15) is 18.0 Å². The number of nitrogens with one attached hydrogen (secondary N) is 1. The highest BCUT2D eigenvalue weighted by molar-refractivity contribution is 6.31. The van der Waals surface area contributed by atoms with E-state index in [-0.39, 0.29) is 16.6 Å². The van der Waals surface area contributed by atoms with E-state index in [1.54, 1.807) is 21.9 Å². The number of aryl methyl sites for hydroxylation is 1. The van der Waals surface area contributed by atoms with Gasteiger partial charge >= 0.3 is 6.18 Å². The van der Waals surface area contributed by atoms with Gasteiger partial charge in [0.1, 0.15) is 0 Å². The number of aromatic nitrogens is 2. The Morgan fingerprint density at radius 3 is 2.72 bits per heavy atom. The number of hydrogen-bond acceptors (Lipinski definition) is 3. The van der Waals surface area contributed by atoms with Crippen LogP contribution in [-0.2, 0) is 31.0 Å². The van der Waals surface area contributed by atoms with Gasteiger partial charge in [0.15, 0.2) is 0 Å². The second-order valence-corrected chi connectivity index (χ2v) is 8.05. The molecule has 4 rings (SSSR count). The zero-order valence-corrected chi connectivity index (χ0v) is 18.0. The Morgan fingerprint density at radius 2 is 2.06 bits per heavy atom. The number of rotatable bonds is 4. The fourth-order valence-corrected chi connectivity index (χ4v) is 4.13. The maximum absolute atomic E-state index is 13.3. The summed E-state index contributed by atoms with van der Waals surface area (Å²) in [6, 6.07) is 7.03. The van der Waals surface area contributed by atoms with Crippen LogP contribution >= 0.6 is 11.6 Å². The van der Waals surface area contributed by atoms with Gasteiger partial charge in [0.2, 0.25) is 5.91 Å². The molecule has 0 fully saturated rings. The zero-order chi connectivity index (χ0) is 23.0. The van der Waals surface area contributed by atoms with E-state index in [4.69, 9.17) is 11.6 Å². The molecule has 0 unspecified atom stereocenters. The van der Waals surface area contributed by atoms with Crippen molar-refractivity contribution in [2.75, 3.05) is 11.9 Å². The van der Waals surface area contributed by atoms with Gasteiger partial charge in [-0.05, 0) is 47.9 Å². The predicted octanol–water partition coefficient (Wildman–Crippen LogP) is 5.57. The third-order valence-electron chi connectivity index (χ3n) is 5.35. The molecule has 9 heteroatoms. The van der Waals surface area contributed by atoms with E-state index in [1.807, 2.05) is 19.3 Å². The van der Waals surface area contributed by atoms with E-state index in [0.29, 0.717) is 30.9 Å². The lowest BCUT2D eigenvalue weighted by Crippen LogP contribution is -2.35. The molecule has 5 nitrogen and oxygen atoms in total. The molecule has 2 aromatic carbocycles. The summed E-state index contributed by atoms with van der Waals surface area (Å²) in [6.07, 6.45) is 0.872. The van der Waals surface area contributed by atoms with Gasteiger partial charge in [-0.25, -0.2) is 4.98 Å². The number of halogens is 4. The van der Waals surface area contributed by atoms with Gasteiger partial charge in [-0.1, -0.05) is 24.2 Å². The molecule has 0 saturated heterocycles. The van der Waals surface area contributed by atoms with E-state index >= 15 is 0 Å². The Labute approximate surface area is 188 Å². The van der Waals surface area contributed by atoms with E-state index in [2.05, 4.69) is 16.9 Å². The maximum Gasteiger partial charge on any atom is 0.416 e. The normalized spacial score (nSPS) is 13.6. The van der Waals surface area contributed by atoms with E-state index < -0.39 is 11.7 Å². The van der Waals surface area contributed by atoms with Crippen molar-refractivity contribution in [3.63, 3.8) is 0 Å². The molecule has 0 aliphatic carbocycles. The summed E-state index contributed by atoms with van der Waals surface area (Å²) in [4.78, 5) is 18.2. The topological polar surface area (TPSA) is 50.2 Å². The number of amides is 1. The molecule has 3 aromatic rings. The molecular weight excluding hydrogens is 441 g/mol. The Kier molecular flexibility index (Phi) is 5.73. The Bertz CT molecular complexity index is 1200. The zero-order valence-electron chi connectivity index (χ0n) is 17.2. The van der Waals surface area contributed by atoms with Gasteiger partial charge < -0.3 is 14.8 Å². The summed E-state index contributed by atoms with van der Waals surface area (Å²) in [5.74, 6) is -0.143. The first-order valence-electron chi connectivity index (χ1n) is 9.85. The number of carbonyl (C=O) groups is 1. The monoisotopic (exact) mass is 460 g/mol. The number of fused-ring (bicyclic) bond motifs is 1. The lowest BCUT2D eigenvalue weighted by atomic mass is 9.91. The molecule has 166 valence electrons. The number of anilines is 2. The maximum atomic E-state index is 13.3. The molecule has 1 N–H and O–H groups in total. The fraction of sp³-hybridized carbons (Fsp3) is 0.217. The largest absolute Gasteiger partial charge is 0.416 e. The molecule has 0 atom stereocenters. The van der Waals surface area contributed by atoms with Crippen molar-refractivity contribution >= 4 is 28.9 Å². The third kappa shape index (κ3) is 4.36. The lowest BCUT2D eigenvalue weighted by Gasteiger charge is -2.30. The molecule has 0 bridgehead atoms. The molecule has 32 heavy (non-hydrogen) atoms. The minimum Gasteiger partial charge on any atom is -0.355 e. The summed E-state index contributed by atoms with van der Waals surface area (Å²) >= 11 is 5.96. The van der Waals surface area contributed by atoms with Crippen LogP contribution in [0.25, 0.3) is 11.3 Å². The first-order valence-corrected chi connectivity index (χ1v) is 10.2. The molecule has 1 aromatic heterocycles. The number of hydrogen-bond donors (Lipinski definition) is 1. The average Bonchev–Trinajstić information content (AvgIpc) is 3.17. The van der Waals surface area contributed by atoms with Gasteiger partial charge in [0.25, 0.3) is 0 Å². The van der Waals surface area contributed by atoms with Crippen LogP contribution < -0.4 is 5.32 Å². The van der Waals surface area contributed by atoms with Crippen LogP contribution in [0.4, 0.5) is 24.5 Å². The third-order valence-corrected chi connectivity index (χ3v) is 5.57. The molecule has 0 radical (unpaired) electrons. The van der Waals surface area contributed by atoms with Gasteiger partial charge in [-0.15, -0.1) is 0 Å². The van der Waals surface area contributed by atoms with Crippen molar-refractivity contribution < 1.29 is 18.0 Å². The van der Waals surface area contributed by atoms with Crippen LogP contribution in [0.5, 0.6) is 0 Å². The molecular formula is C23H20ClF3N4O. The highest BCUT2D eigenvalue weighted by Gasteiger charge is 2.31. The van der Waals surface area contributed by atoms with Gasteiger partial charge in [-0.2, -0.15) is 13.2 Å². The molecule has 2 heterocycles. The van der Waals surface area contributed by atoms with E-state index in [0.717, 1.165) is 28.8 Å². The first kappa shape index (κ1) is 22.0. The van der Waals surface area contributed by atoms with Crippen molar-refractivity contribution in [3.8, 4) is 11.3 Å². The van der Waals surface area contributed by atoms with Crippen LogP contribution in [0.15, 0.2) is 55.5 Å². The summed E-state index contributed by atoms with van der Waals surface area (Å²) < 4.78 is 41.6. The summed E-state index contributed by atoms with van der Waals surface area (Å²) in [5.41, 5.74) is 3.45. The molecule has 1 aliphatic heterocycles. The summed E-state index contributed by atoms with van der Waals surface area (Å²) in [5, 5.41) is 3.08.